The van der Waals surface area contributed by atoms with E-state index in [1.54, 1.807) is 17.9 Å². The van der Waals surface area contributed by atoms with E-state index in [9.17, 15) is 9.18 Å². The summed E-state index contributed by atoms with van der Waals surface area (Å²) in [6.07, 6.45) is 2.08. The predicted molar refractivity (Wildman–Crippen MR) is 65.5 cm³/mol. The van der Waals surface area contributed by atoms with E-state index in [-0.39, 0.29) is 11.7 Å². The number of hydrogen-bond acceptors (Lipinski definition) is 1. The molecule has 2 nitrogen and oxygen atoms in total. The van der Waals surface area contributed by atoms with Crippen molar-refractivity contribution in [2.45, 2.75) is 25.1 Å². The molecule has 1 aliphatic rings. The van der Waals surface area contributed by atoms with Crippen LogP contribution < -0.4 is 0 Å². The van der Waals surface area contributed by atoms with Crippen LogP contribution in [0.15, 0.2) is 18.2 Å². The zero-order valence-corrected chi connectivity index (χ0v) is 10.5. The summed E-state index contributed by atoms with van der Waals surface area (Å²) in [4.78, 5) is 13.9. The molecule has 0 bridgehead atoms. The largest absolute Gasteiger partial charge is 0.341 e. The monoisotopic (exact) mass is 255 g/mol. The number of carbonyl (C=O) groups excluding carboxylic acids is 1. The van der Waals surface area contributed by atoms with Gasteiger partial charge in [0.2, 0.25) is 5.91 Å². The van der Waals surface area contributed by atoms with E-state index in [0.29, 0.717) is 5.56 Å². The Morgan fingerprint density at radius 2 is 2.06 bits per heavy atom. The molecule has 1 saturated heterocycles. The van der Waals surface area contributed by atoms with Crippen LogP contribution in [0.2, 0.25) is 0 Å². The fourth-order valence-electron chi connectivity index (χ4n) is 2.15. The van der Waals surface area contributed by atoms with Crippen molar-refractivity contribution < 1.29 is 9.18 Å². The summed E-state index contributed by atoms with van der Waals surface area (Å²) in [6, 6.07) is 4.34. The minimum atomic E-state index is -0.700. The summed E-state index contributed by atoms with van der Waals surface area (Å²) in [5, 5.41) is -0.700. The average Bonchev–Trinajstić information content (AvgIpc) is 2.80. The van der Waals surface area contributed by atoms with Gasteiger partial charge in [-0.25, -0.2) is 4.39 Å². The highest BCUT2D eigenvalue weighted by Gasteiger charge is 2.26. The molecule has 1 fully saturated rings. The number of benzene rings is 1. The zero-order valence-electron chi connectivity index (χ0n) is 9.75. The highest BCUT2D eigenvalue weighted by atomic mass is 35.5. The van der Waals surface area contributed by atoms with Crippen LogP contribution in [0.5, 0.6) is 0 Å². The third-order valence-electron chi connectivity index (χ3n) is 3.14. The lowest BCUT2D eigenvalue weighted by atomic mass is 10.0. The molecular formula is C13H15ClFNO. The molecule has 0 aromatic heterocycles. The molecule has 17 heavy (non-hydrogen) atoms. The van der Waals surface area contributed by atoms with Gasteiger partial charge in [-0.15, -0.1) is 11.6 Å². The number of likely N-dealkylation sites (tertiary alicyclic amines) is 1. The van der Waals surface area contributed by atoms with Crippen LogP contribution in [0.4, 0.5) is 4.39 Å². The molecule has 1 aliphatic heterocycles. The Morgan fingerprint density at radius 1 is 1.41 bits per heavy atom. The topological polar surface area (TPSA) is 20.3 Å². The maximum absolute atomic E-state index is 13.0. The van der Waals surface area contributed by atoms with E-state index in [0.717, 1.165) is 31.5 Å². The van der Waals surface area contributed by atoms with Crippen molar-refractivity contribution in [1.29, 1.82) is 0 Å². The van der Waals surface area contributed by atoms with Crippen molar-refractivity contribution in [3.05, 3.63) is 35.1 Å². The predicted octanol–water partition coefficient (Wildman–Crippen LogP) is 3.04. The Kier molecular flexibility index (Phi) is 3.67. The Bertz CT molecular complexity index is 429. The van der Waals surface area contributed by atoms with Gasteiger partial charge in [-0.3, -0.25) is 4.79 Å². The molecule has 92 valence electrons. The SMILES string of the molecule is Cc1cc(F)ccc1C(Cl)C(=O)N1CCCC1. The van der Waals surface area contributed by atoms with E-state index in [4.69, 9.17) is 11.6 Å². The van der Waals surface area contributed by atoms with Crippen molar-refractivity contribution in [3.63, 3.8) is 0 Å². The standard InChI is InChI=1S/C13H15ClFNO/c1-9-8-10(15)4-5-11(9)12(14)13(17)16-6-2-3-7-16/h4-5,8,12H,2-3,6-7H2,1H3. The van der Waals surface area contributed by atoms with Crippen molar-refractivity contribution in [2.24, 2.45) is 0 Å². The third-order valence-corrected chi connectivity index (χ3v) is 3.56. The van der Waals surface area contributed by atoms with E-state index < -0.39 is 5.38 Å². The second kappa shape index (κ2) is 5.05. The molecule has 0 aliphatic carbocycles. The van der Waals surface area contributed by atoms with Gasteiger partial charge < -0.3 is 4.90 Å². The number of amides is 1. The number of nitrogens with zero attached hydrogens (tertiary/aromatic N) is 1. The van der Waals surface area contributed by atoms with Crippen LogP contribution in [0.3, 0.4) is 0 Å². The molecule has 1 atom stereocenters. The molecule has 0 N–H and O–H groups in total. The Labute approximate surface area is 105 Å². The van der Waals surface area contributed by atoms with E-state index in [1.807, 2.05) is 0 Å². The summed E-state index contributed by atoms with van der Waals surface area (Å²) in [5.74, 6) is -0.373. The molecule has 4 heteroatoms. The number of aryl methyl sites for hydroxylation is 1. The highest BCUT2D eigenvalue weighted by Crippen LogP contribution is 2.27. The van der Waals surface area contributed by atoms with Gasteiger partial charge in [0.05, 0.1) is 0 Å². The lowest BCUT2D eigenvalue weighted by Crippen LogP contribution is -2.30. The van der Waals surface area contributed by atoms with E-state index in [1.165, 1.54) is 12.1 Å². The molecule has 0 saturated carbocycles. The maximum Gasteiger partial charge on any atom is 0.245 e. The second-order valence-corrected chi connectivity index (χ2v) is 4.83. The first-order valence-electron chi connectivity index (χ1n) is 5.78. The quantitative estimate of drug-likeness (QED) is 0.744. The van der Waals surface area contributed by atoms with Gasteiger partial charge in [0.25, 0.3) is 0 Å². The Morgan fingerprint density at radius 3 is 2.65 bits per heavy atom. The van der Waals surface area contributed by atoms with Gasteiger partial charge in [-0.05, 0) is 43.0 Å². The number of carbonyl (C=O) groups is 1. The van der Waals surface area contributed by atoms with Gasteiger partial charge in [-0.2, -0.15) is 0 Å². The fourth-order valence-corrected chi connectivity index (χ4v) is 2.54. The first-order chi connectivity index (χ1) is 8.09. The molecule has 1 unspecified atom stereocenters. The summed E-state index contributed by atoms with van der Waals surface area (Å²) in [6.45, 7) is 3.33. The van der Waals surface area contributed by atoms with Crippen LogP contribution in [0.25, 0.3) is 0 Å². The smallest absolute Gasteiger partial charge is 0.245 e. The molecule has 1 amide bonds. The third kappa shape index (κ3) is 2.60. The highest BCUT2D eigenvalue weighted by molar-refractivity contribution is 6.30. The summed E-state index contributed by atoms with van der Waals surface area (Å²) in [5.41, 5.74) is 1.42. The van der Waals surface area contributed by atoms with Crippen LogP contribution >= 0.6 is 11.6 Å². The number of halogens is 2. The minimum absolute atomic E-state index is 0.0705. The van der Waals surface area contributed by atoms with Gasteiger partial charge >= 0.3 is 0 Å². The lowest BCUT2D eigenvalue weighted by Gasteiger charge is -2.20. The fraction of sp³-hybridized carbons (Fsp3) is 0.462. The van der Waals surface area contributed by atoms with Crippen molar-refractivity contribution in [2.75, 3.05) is 13.1 Å². The van der Waals surface area contributed by atoms with Gasteiger partial charge in [0.15, 0.2) is 0 Å². The summed E-state index contributed by atoms with van der Waals surface area (Å²) < 4.78 is 13.0. The Balaban J connectivity index is 2.18. The van der Waals surface area contributed by atoms with Crippen LogP contribution in [0, 0.1) is 12.7 Å². The molecule has 2 rings (SSSR count). The van der Waals surface area contributed by atoms with E-state index in [2.05, 4.69) is 0 Å². The molecule has 0 spiro atoms. The molecule has 1 aromatic rings. The Hall–Kier alpha value is -1.09. The number of rotatable bonds is 2. The van der Waals surface area contributed by atoms with Crippen LogP contribution in [-0.4, -0.2) is 23.9 Å². The second-order valence-electron chi connectivity index (χ2n) is 4.40. The summed E-state index contributed by atoms with van der Waals surface area (Å²) >= 11 is 6.18. The number of hydrogen-bond donors (Lipinski definition) is 0. The number of alkyl halides is 1. The average molecular weight is 256 g/mol. The first kappa shape index (κ1) is 12.4. The van der Waals surface area contributed by atoms with Gasteiger partial charge in [0, 0.05) is 13.1 Å². The van der Waals surface area contributed by atoms with Gasteiger partial charge in [-0.1, -0.05) is 6.07 Å². The molecule has 0 radical (unpaired) electrons. The van der Waals surface area contributed by atoms with Crippen molar-refractivity contribution >= 4 is 17.5 Å². The minimum Gasteiger partial charge on any atom is -0.341 e. The van der Waals surface area contributed by atoms with E-state index >= 15 is 0 Å². The van der Waals surface area contributed by atoms with Crippen molar-refractivity contribution in [3.8, 4) is 0 Å². The van der Waals surface area contributed by atoms with Crippen molar-refractivity contribution in [1.82, 2.24) is 4.90 Å². The van der Waals surface area contributed by atoms with Crippen LogP contribution in [0.1, 0.15) is 29.3 Å². The summed E-state index contributed by atoms with van der Waals surface area (Å²) in [7, 11) is 0. The zero-order chi connectivity index (χ0) is 12.4. The molecule has 1 heterocycles. The first-order valence-corrected chi connectivity index (χ1v) is 6.22. The normalized spacial score (nSPS) is 17.2. The lowest BCUT2D eigenvalue weighted by molar-refractivity contribution is -0.129. The van der Waals surface area contributed by atoms with Crippen LogP contribution in [-0.2, 0) is 4.79 Å². The molecular weight excluding hydrogens is 241 g/mol. The van der Waals surface area contributed by atoms with Gasteiger partial charge in [0.1, 0.15) is 11.2 Å². The maximum atomic E-state index is 13.0. The molecule has 1 aromatic carbocycles.